The van der Waals surface area contributed by atoms with Crippen molar-refractivity contribution in [1.29, 1.82) is 0 Å². The molecule has 0 fully saturated rings. The fraction of sp³-hybridized carbons (Fsp3) is 0.375. The normalized spacial score (nSPS) is 11.5. The number of aromatic nitrogens is 4. The zero-order valence-electron chi connectivity index (χ0n) is 13.4. The zero-order chi connectivity index (χ0) is 15.7. The molecule has 0 amide bonds. The number of furan rings is 1. The van der Waals surface area contributed by atoms with E-state index in [2.05, 4.69) is 46.7 Å². The van der Waals surface area contributed by atoms with E-state index < -0.39 is 0 Å². The van der Waals surface area contributed by atoms with Crippen molar-refractivity contribution in [2.75, 3.05) is 7.05 Å². The average molecular weight is 299 g/mol. The number of nitrogens with zero attached hydrogens (tertiary/aromatic N) is 5. The first-order valence-corrected chi connectivity index (χ1v) is 7.31. The van der Waals surface area contributed by atoms with Gasteiger partial charge in [-0.15, -0.1) is 10.2 Å². The van der Waals surface area contributed by atoms with Gasteiger partial charge in [-0.1, -0.05) is 0 Å². The molecule has 0 aliphatic rings. The molecule has 22 heavy (non-hydrogen) atoms. The highest BCUT2D eigenvalue weighted by atomic mass is 16.3. The van der Waals surface area contributed by atoms with Gasteiger partial charge in [0.2, 0.25) is 0 Å². The molecule has 0 atom stereocenters. The van der Waals surface area contributed by atoms with Crippen molar-refractivity contribution in [1.82, 2.24) is 24.4 Å². The summed E-state index contributed by atoms with van der Waals surface area (Å²) in [5.41, 5.74) is 3.64. The Morgan fingerprint density at radius 2 is 1.82 bits per heavy atom. The highest BCUT2D eigenvalue weighted by Crippen LogP contribution is 2.18. The van der Waals surface area contributed by atoms with Gasteiger partial charge in [0.1, 0.15) is 24.2 Å². The van der Waals surface area contributed by atoms with Gasteiger partial charge in [-0.05, 0) is 51.6 Å². The van der Waals surface area contributed by atoms with Gasteiger partial charge in [-0.3, -0.25) is 9.58 Å². The second kappa shape index (κ2) is 5.81. The van der Waals surface area contributed by atoms with E-state index in [1.807, 2.05) is 23.7 Å². The van der Waals surface area contributed by atoms with Crippen molar-refractivity contribution < 1.29 is 4.42 Å². The summed E-state index contributed by atoms with van der Waals surface area (Å²) in [7, 11) is 2.10. The van der Waals surface area contributed by atoms with Gasteiger partial charge in [0.05, 0.1) is 6.54 Å². The van der Waals surface area contributed by atoms with E-state index in [1.54, 1.807) is 12.7 Å². The minimum atomic E-state index is 0.796. The van der Waals surface area contributed by atoms with Crippen molar-refractivity contribution in [3.05, 3.63) is 59.3 Å². The monoisotopic (exact) mass is 299 g/mol. The molecule has 3 heterocycles. The van der Waals surface area contributed by atoms with Crippen LogP contribution in [0.25, 0.3) is 0 Å². The standard InChI is InChI=1S/C16H21N5O/c1-12-7-15(14(3)21(12)20-10-17-18-11-20)8-19(4)9-16-6-5-13(2)22-16/h5-7,10-11H,8-9H2,1-4H3. The second-order valence-corrected chi connectivity index (χ2v) is 5.73. The summed E-state index contributed by atoms with van der Waals surface area (Å²) in [6.45, 7) is 7.83. The third kappa shape index (κ3) is 2.82. The minimum absolute atomic E-state index is 0.796. The number of aryl methyl sites for hydroxylation is 2. The van der Waals surface area contributed by atoms with Crippen LogP contribution in [0, 0.1) is 20.8 Å². The van der Waals surface area contributed by atoms with Crippen LogP contribution < -0.4 is 0 Å². The van der Waals surface area contributed by atoms with E-state index >= 15 is 0 Å². The Morgan fingerprint density at radius 1 is 1.09 bits per heavy atom. The lowest BCUT2D eigenvalue weighted by molar-refractivity contribution is 0.284. The van der Waals surface area contributed by atoms with Crippen LogP contribution in [0.3, 0.4) is 0 Å². The molecular weight excluding hydrogens is 278 g/mol. The van der Waals surface area contributed by atoms with Crippen molar-refractivity contribution in [3.8, 4) is 0 Å². The maximum atomic E-state index is 5.64. The molecule has 0 aliphatic heterocycles. The smallest absolute Gasteiger partial charge is 0.139 e. The highest BCUT2D eigenvalue weighted by molar-refractivity contribution is 5.27. The van der Waals surface area contributed by atoms with E-state index in [-0.39, 0.29) is 0 Å². The number of hydrogen-bond acceptors (Lipinski definition) is 4. The lowest BCUT2D eigenvalue weighted by atomic mass is 10.2. The van der Waals surface area contributed by atoms with Gasteiger partial charge in [-0.25, -0.2) is 4.68 Å². The van der Waals surface area contributed by atoms with Gasteiger partial charge in [0.25, 0.3) is 0 Å². The Kier molecular flexibility index (Phi) is 3.85. The van der Waals surface area contributed by atoms with Gasteiger partial charge >= 0.3 is 0 Å². The van der Waals surface area contributed by atoms with Crippen molar-refractivity contribution in [2.24, 2.45) is 0 Å². The predicted octanol–water partition coefficient (Wildman–Crippen LogP) is 2.54. The van der Waals surface area contributed by atoms with Crippen molar-refractivity contribution in [2.45, 2.75) is 33.9 Å². The summed E-state index contributed by atoms with van der Waals surface area (Å²) in [6.07, 6.45) is 3.41. The zero-order valence-corrected chi connectivity index (χ0v) is 13.4. The van der Waals surface area contributed by atoms with Gasteiger partial charge in [-0.2, -0.15) is 0 Å². The molecule has 0 aliphatic carbocycles. The lowest BCUT2D eigenvalue weighted by Gasteiger charge is -2.15. The molecule has 0 saturated carbocycles. The molecule has 0 radical (unpaired) electrons. The number of hydrogen-bond donors (Lipinski definition) is 0. The Bertz CT molecular complexity index is 754. The van der Waals surface area contributed by atoms with E-state index in [4.69, 9.17) is 4.42 Å². The largest absolute Gasteiger partial charge is 0.465 e. The molecular formula is C16H21N5O. The first-order valence-electron chi connectivity index (χ1n) is 7.31. The van der Waals surface area contributed by atoms with Gasteiger partial charge in [0, 0.05) is 17.9 Å². The molecule has 6 heteroatoms. The first-order chi connectivity index (χ1) is 10.5. The Labute approximate surface area is 130 Å². The number of rotatable bonds is 5. The topological polar surface area (TPSA) is 52.0 Å². The van der Waals surface area contributed by atoms with Crippen LogP contribution in [0.1, 0.15) is 28.5 Å². The van der Waals surface area contributed by atoms with E-state index in [0.29, 0.717) is 0 Å². The third-order valence-electron chi connectivity index (χ3n) is 3.80. The van der Waals surface area contributed by atoms with Crippen LogP contribution in [0.15, 0.2) is 35.3 Å². The average Bonchev–Trinajstić information content (AvgIpc) is 3.14. The maximum Gasteiger partial charge on any atom is 0.139 e. The Hall–Kier alpha value is -2.34. The van der Waals surface area contributed by atoms with Crippen LogP contribution >= 0.6 is 0 Å². The van der Waals surface area contributed by atoms with Gasteiger partial charge < -0.3 is 4.42 Å². The van der Waals surface area contributed by atoms with Crippen LogP contribution in [0.5, 0.6) is 0 Å². The second-order valence-electron chi connectivity index (χ2n) is 5.73. The molecule has 3 aromatic heterocycles. The van der Waals surface area contributed by atoms with Crippen molar-refractivity contribution >= 4 is 0 Å². The molecule has 0 saturated heterocycles. The summed E-state index contributed by atoms with van der Waals surface area (Å²) in [5, 5.41) is 7.76. The molecule has 0 aromatic carbocycles. The van der Waals surface area contributed by atoms with Crippen LogP contribution in [0.2, 0.25) is 0 Å². The summed E-state index contributed by atoms with van der Waals surface area (Å²) in [5.74, 6) is 1.95. The summed E-state index contributed by atoms with van der Waals surface area (Å²) in [4.78, 5) is 2.25. The molecule has 3 rings (SSSR count). The molecule has 0 N–H and O–H groups in total. The maximum absolute atomic E-state index is 5.64. The van der Waals surface area contributed by atoms with Gasteiger partial charge in [0.15, 0.2) is 0 Å². The van der Waals surface area contributed by atoms with Crippen LogP contribution in [0.4, 0.5) is 0 Å². The molecule has 0 spiro atoms. The predicted molar refractivity (Wildman–Crippen MR) is 83.3 cm³/mol. The van der Waals surface area contributed by atoms with Crippen LogP contribution in [-0.4, -0.2) is 31.5 Å². The molecule has 0 unspecified atom stereocenters. The molecule has 6 nitrogen and oxygen atoms in total. The summed E-state index contributed by atoms with van der Waals surface area (Å²) in [6, 6.07) is 6.24. The fourth-order valence-electron chi connectivity index (χ4n) is 2.82. The van der Waals surface area contributed by atoms with E-state index in [0.717, 1.165) is 30.3 Å². The van der Waals surface area contributed by atoms with Crippen molar-refractivity contribution in [3.63, 3.8) is 0 Å². The third-order valence-corrected chi connectivity index (χ3v) is 3.80. The summed E-state index contributed by atoms with van der Waals surface area (Å²) >= 11 is 0. The SMILES string of the molecule is Cc1ccc(CN(C)Cc2cc(C)n(-n3cnnc3)c2C)o1. The van der Waals surface area contributed by atoms with E-state index in [1.165, 1.54) is 11.3 Å². The first kappa shape index (κ1) is 14.6. The highest BCUT2D eigenvalue weighted by Gasteiger charge is 2.13. The van der Waals surface area contributed by atoms with E-state index in [9.17, 15) is 0 Å². The minimum Gasteiger partial charge on any atom is -0.465 e. The quantitative estimate of drug-likeness (QED) is 0.726. The molecule has 0 bridgehead atoms. The Morgan fingerprint density at radius 3 is 2.45 bits per heavy atom. The fourth-order valence-corrected chi connectivity index (χ4v) is 2.82. The molecule has 3 aromatic rings. The van der Waals surface area contributed by atoms with Crippen LogP contribution in [-0.2, 0) is 13.1 Å². The molecule has 116 valence electrons. The Balaban J connectivity index is 1.77. The lowest BCUT2D eigenvalue weighted by Crippen LogP contribution is -2.18. The summed E-state index contributed by atoms with van der Waals surface area (Å²) < 4.78 is 9.65.